The SMILES string of the molecule is Cc1ccc(C)n1-n1c(C2CC2)nnc1C1CC1. The molecule has 2 aromatic heterocycles. The van der Waals surface area contributed by atoms with Gasteiger partial charge in [-0.3, -0.25) is 4.68 Å². The van der Waals surface area contributed by atoms with Gasteiger partial charge in [-0.15, -0.1) is 10.2 Å². The van der Waals surface area contributed by atoms with Gasteiger partial charge in [0, 0.05) is 23.2 Å². The topological polar surface area (TPSA) is 35.6 Å². The van der Waals surface area contributed by atoms with Crippen LogP contribution < -0.4 is 0 Å². The minimum atomic E-state index is 0.631. The van der Waals surface area contributed by atoms with Crippen molar-refractivity contribution in [2.45, 2.75) is 51.4 Å². The fraction of sp³-hybridized carbons (Fsp3) is 0.571. The van der Waals surface area contributed by atoms with E-state index in [0.717, 1.165) is 0 Å². The predicted molar refractivity (Wildman–Crippen MR) is 68.7 cm³/mol. The van der Waals surface area contributed by atoms with Gasteiger partial charge in [-0.2, -0.15) is 0 Å². The van der Waals surface area contributed by atoms with Crippen LogP contribution in [-0.4, -0.2) is 19.5 Å². The largest absolute Gasteiger partial charge is 0.255 e. The van der Waals surface area contributed by atoms with Gasteiger partial charge in [0.05, 0.1) is 0 Å². The zero-order chi connectivity index (χ0) is 12.3. The lowest BCUT2D eigenvalue weighted by Gasteiger charge is -2.15. The first-order chi connectivity index (χ1) is 8.75. The van der Waals surface area contributed by atoms with E-state index in [1.165, 1.54) is 48.7 Å². The number of aromatic nitrogens is 4. The van der Waals surface area contributed by atoms with Crippen molar-refractivity contribution in [3.8, 4) is 0 Å². The Balaban J connectivity index is 1.93. The maximum Gasteiger partial charge on any atom is 0.156 e. The molecule has 2 fully saturated rings. The first kappa shape index (κ1) is 10.4. The molecule has 2 aromatic rings. The lowest BCUT2D eigenvalue weighted by Crippen LogP contribution is -2.18. The van der Waals surface area contributed by atoms with Crippen molar-refractivity contribution in [3.63, 3.8) is 0 Å². The first-order valence-electron chi connectivity index (χ1n) is 6.86. The van der Waals surface area contributed by atoms with E-state index in [4.69, 9.17) is 0 Å². The lowest BCUT2D eigenvalue weighted by atomic mass is 10.3. The molecule has 2 aliphatic rings. The lowest BCUT2D eigenvalue weighted by molar-refractivity contribution is 0.560. The Morgan fingerprint density at radius 2 is 1.28 bits per heavy atom. The van der Waals surface area contributed by atoms with Crippen LogP contribution in [0.3, 0.4) is 0 Å². The molecule has 4 rings (SSSR count). The van der Waals surface area contributed by atoms with Gasteiger partial charge in [-0.25, -0.2) is 4.68 Å². The van der Waals surface area contributed by atoms with Crippen molar-refractivity contribution in [1.82, 2.24) is 19.5 Å². The molecular weight excluding hydrogens is 224 g/mol. The highest BCUT2D eigenvalue weighted by atomic mass is 15.5. The summed E-state index contributed by atoms with van der Waals surface area (Å²) in [5.74, 6) is 3.59. The first-order valence-corrected chi connectivity index (χ1v) is 6.86. The van der Waals surface area contributed by atoms with Crippen molar-refractivity contribution in [2.24, 2.45) is 0 Å². The molecule has 0 N–H and O–H groups in total. The molecule has 0 aliphatic heterocycles. The van der Waals surface area contributed by atoms with E-state index in [-0.39, 0.29) is 0 Å². The summed E-state index contributed by atoms with van der Waals surface area (Å²) in [7, 11) is 0. The normalized spacial score (nSPS) is 19.4. The minimum Gasteiger partial charge on any atom is -0.255 e. The highest BCUT2D eigenvalue weighted by Crippen LogP contribution is 2.44. The van der Waals surface area contributed by atoms with Crippen molar-refractivity contribution in [3.05, 3.63) is 35.2 Å². The molecule has 2 aliphatic carbocycles. The average molecular weight is 242 g/mol. The molecule has 0 amide bonds. The number of hydrogen-bond acceptors (Lipinski definition) is 2. The van der Waals surface area contributed by atoms with Gasteiger partial charge in [0.25, 0.3) is 0 Å². The molecule has 0 atom stereocenters. The summed E-state index contributed by atoms with van der Waals surface area (Å²) in [5, 5.41) is 8.94. The summed E-state index contributed by atoms with van der Waals surface area (Å²) in [4.78, 5) is 0. The summed E-state index contributed by atoms with van der Waals surface area (Å²) in [6.45, 7) is 4.31. The molecule has 0 bridgehead atoms. The molecule has 0 saturated heterocycles. The Bertz CT molecular complexity index is 550. The molecule has 4 nitrogen and oxygen atoms in total. The van der Waals surface area contributed by atoms with E-state index in [0.29, 0.717) is 11.8 Å². The van der Waals surface area contributed by atoms with Crippen LogP contribution in [0.15, 0.2) is 12.1 Å². The number of aryl methyl sites for hydroxylation is 2. The fourth-order valence-corrected chi connectivity index (χ4v) is 2.68. The summed E-state index contributed by atoms with van der Waals surface area (Å²) in [6.07, 6.45) is 5.06. The van der Waals surface area contributed by atoms with E-state index in [9.17, 15) is 0 Å². The third-order valence-corrected chi connectivity index (χ3v) is 4.01. The van der Waals surface area contributed by atoms with Gasteiger partial charge in [0.15, 0.2) is 11.6 Å². The third-order valence-electron chi connectivity index (χ3n) is 4.01. The Kier molecular flexibility index (Phi) is 1.99. The van der Waals surface area contributed by atoms with E-state index < -0.39 is 0 Å². The highest BCUT2D eigenvalue weighted by Gasteiger charge is 2.36. The van der Waals surface area contributed by atoms with Gasteiger partial charge in [0.1, 0.15) is 0 Å². The standard InChI is InChI=1S/C14H18N4/c1-9-3-4-10(2)17(9)18-13(11-5-6-11)15-16-14(18)12-7-8-12/h3-4,11-12H,5-8H2,1-2H3. The fourth-order valence-electron chi connectivity index (χ4n) is 2.68. The number of hydrogen-bond donors (Lipinski definition) is 0. The Labute approximate surface area is 107 Å². The summed E-state index contributed by atoms with van der Waals surface area (Å²) >= 11 is 0. The van der Waals surface area contributed by atoms with Crippen molar-refractivity contribution in [2.75, 3.05) is 0 Å². The Morgan fingerprint density at radius 1 is 0.833 bits per heavy atom. The second-order valence-corrected chi connectivity index (χ2v) is 5.70. The molecule has 18 heavy (non-hydrogen) atoms. The molecule has 4 heteroatoms. The van der Waals surface area contributed by atoms with Crippen molar-refractivity contribution < 1.29 is 0 Å². The van der Waals surface area contributed by atoms with E-state index in [2.05, 4.69) is 45.5 Å². The maximum atomic E-state index is 4.47. The molecule has 2 saturated carbocycles. The zero-order valence-electron chi connectivity index (χ0n) is 10.9. The van der Waals surface area contributed by atoms with Crippen LogP contribution in [0.5, 0.6) is 0 Å². The molecule has 2 heterocycles. The van der Waals surface area contributed by atoms with E-state index >= 15 is 0 Å². The van der Waals surface area contributed by atoms with Crippen molar-refractivity contribution in [1.29, 1.82) is 0 Å². The number of nitrogens with zero attached hydrogens (tertiary/aromatic N) is 4. The zero-order valence-corrected chi connectivity index (χ0v) is 10.9. The Hall–Kier alpha value is -1.58. The Morgan fingerprint density at radius 3 is 1.67 bits per heavy atom. The summed E-state index contributed by atoms with van der Waals surface area (Å²) in [5.41, 5.74) is 2.52. The van der Waals surface area contributed by atoms with Crippen molar-refractivity contribution >= 4 is 0 Å². The van der Waals surface area contributed by atoms with Crippen LogP contribution in [-0.2, 0) is 0 Å². The molecule has 0 spiro atoms. The molecule has 0 aromatic carbocycles. The molecular formula is C14H18N4. The van der Waals surface area contributed by atoms with Crippen LogP contribution in [0.25, 0.3) is 0 Å². The van der Waals surface area contributed by atoms with E-state index in [1.807, 2.05) is 0 Å². The van der Waals surface area contributed by atoms with Gasteiger partial charge < -0.3 is 0 Å². The monoisotopic (exact) mass is 242 g/mol. The molecule has 0 radical (unpaired) electrons. The van der Waals surface area contributed by atoms with Gasteiger partial charge in [-0.1, -0.05) is 0 Å². The molecule has 94 valence electrons. The van der Waals surface area contributed by atoms with E-state index in [1.54, 1.807) is 0 Å². The maximum absolute atomic E-state index is 4.47. The van der Waals surface area contributed by atoms with Crippen LogP contribution in [0, 0.1) is 13.8 Å². The smallest absolute Gasteiger partial charge is 0.156 e. The second kappa shape index (κ2) is 3.46. The summed E-state index contributed by atoms with van der Waals surface area (Å²) in [6, 6.07) is 4.34. The average Bonchev–Trinajstić information content (AvgIpc) is 3.27. The second-order valence-electron chi connectivity index (χ2n) is 5.70. The third kappa shape index (κ3) is 1.44. The van der Waals surface area contributed by atoms with Crippen LogP contribution in [0.1, 0.15) is 60.6 Å². The predicted octanol–water partition coefficient (Wildman–Crippen LogP) is 2.76. The number of rotatable bonds is 3. The highest BCUT2D eigenvalue weighted by molar-refractivity contribution is 5.20. The minimum absolute atomic E-state index is 0.631. The quantitative estimate of drug-likeness (QED) is 0.829. The van der Waals surface area contributed by atoms with Gasteiger partial charge in [0.2, 0.25) is 0 Å². The van der Waals surface area contributed by atoms with Crippen LogP contribution >= 0.6 is 0 Å². The van der Waals surface area contributed by atoms with Crippen LogP contribution in [0.2, 0.25) is 0 Å². The summed E-state index contributed by atoms with van der Waals surface area (Å²) < 4.78 is 4.57. The van der Waals surface area contributed by atoms with Gasteiger partial charge in [-0.05, 0) is 51.7 Å². The van der Waals surface area contributed by atoms with Gasteiger partial charge >= 0.3 is 0 Å². The molecule has 0 unspecified atom stereocenters. The van der Waals surface area contributed by atoms with Crippen LogP contribution in [0.4, 0.5) is 0 Å².